The molecule has 0 bridgehead atoms. The van der Waals surface area contributed by atoms with Gasteiger partial charge in [0.05, 0.1) is 5.92 Å². The maximum atomic E-state index is 11.9. The average molecular weight is 277 g/mol. The second-order valence-electron chi connectivity index (χ2n) is 5.90. The van der Waals surface area contributed by atoms with Crippen LogP contribution in [0.2, 0.25) is 0 Å². The van der Waals surface area contributed by atoms with Crippen molar-refractivity contribution in [2.75, 3.05) is 13.1 Å². The van der Waals surface area contributed by atoms with Crippen molar-refractivity contribution in [3.63, 3.8) is 0 Å². The fraction of sp³-hybridized carbons (Fsp3) is 0.643. The largest absolute Gasteiger partial charge is 0.444 e. The van der Waals surface area contributed by atoms with Gasteiger partial charge < -0.3 is 18.9 Å². The van der Waals surface area contributed by atoms with E-state index >= 15 is 0 Å². The van der Waals surface area contributed by atoms with Gasteiger partial charge in [0.1, 0.15) is 11.9 Å². The van der Waals surface area contributed by atoms with E-state index in [4.69, 9.17) is 15.7 Å². The Morgan fingerprint density at radius 1 is 1.50 bits per heavy atom. The molecule has 6 heteroatoms. The molecule has 0 radical (unpaired) electrons. The van der Waals surface area contributed by atoms with Crippen molar-refractivity contribution in [1.82, 2.24) is 9.88 Å². The number of hydrogen-bond donors (Lipinski definition) is 0. The highest BCUT2D eigenvalue weighted by molar-refractivity contribution is 5.68. The predicted molar refractivity (Wildman–Crippen MR) is 72.5 cm³/mol. The molecule has 0 saturated carbocycles. The van der Waals surface area contributed by atoms with Crippen LogP contribution in [0, 0.1) is 6.57 Å². The highest BCUT2D eigenvalue weighted by atomic mass is 16.6. The molecule has 0 N–H and O–H groups in total. The summed E-state index contributed by atoms with van der Waals surface area (Å²) >= 11 is 0. The Kier molecular flexibility index (Phi) is 3.98. The van der Waals surface area contributed by atoms with Crippen LogP contribution in [0.15, 0.2) is 10.7 Å². The molecule has 1 aliphatic heterocycles. The van der Waals surface area contributed by atoms with Gasteiger partial charge >= 0.3 is 11.9 Å². The minimum atomic E-state index is -0.471. The molecular formula is C14H19N3O3. The van der Waals surface area contributed by atoms with Gasteiger partial charge in [-0.25, -0.2) is 4.79 Å². The number of aromatic nitrogens is 1. The summed E-state index contributed by atoms with van der Waals surface area (Å²) < 4.78 is 10.7. The van der Waals surface area contributed by atoms with Crippen LogP contribution in [0.4, 0.5) is 10.6 Å². The topological polar surface area (TPSA) is 59.9 Å². The van der Waals surface area contributed by atoms with Crippen molar-refractivity contribution < 1.29 is 13.9 Å². The third kappa shape index (κ3) is 3.50. The monoisotopic (exact) mass is 277 g/mol. The number of nitrogens with zero attached hydrogens (tertiary/aromatic N) is 3. The van der Waals surface area contributed by atoms with Crippen LogP contribution >= 0.6 is 0 Å². The first kappa shape index (κ1) is 14.4. The summed E-state index contributed by atoms with van der Waals surface area (Å²) in [6.07, 6.45) is 2.65. The second-order valence-corrected chi connectivity index (χ2v) is 5.90. The normalized spacial score (nSPS) is 16.8. The summed E-state index contributed by atoms with van der Waals surface area (Å²) in [5.74, 6) is 1.05. The number of rotatable bonds is 1. The number of carbonyl (C=O) groups is 1. The van der Waals surface area contributed by atoms with Gasteiger partial charge in [-0.3, -0.25) is 0 Å². The van der Waals surface area contributed by atoms with E-state index < -0.39 is 5.60 Å². The summed E-state index contributed by atoms with van der Waals surface area (Å²) in [7, 11) is 0. The molecule has 0 unspecified atom stereocenters. The van der Waals surface area contributed by atoms with Crippen molar-refractivity contribution in [2.45, 2.75) is 45.1 Å². The summed E-state index contributed by atoms with van der Waals surface area (Å²) in [6, 6.07) is 0. The Labute approximate surface area is 118 Å². The lowest BCUT2D eigenvalue weighted by Gasteiger charge is -2.31. The lowest BCUT2D eigenvalue weighted by Crippen LogP contribution is -2.41. The lowest BCUT2D eigenvalue weighted by atomic mass is 9.97. The lowest BCUT2D eigenvalue weighted by molar-refractivity contribution is 0.0199. The molecule has 0 aromatic carbocycles. The number of amides is 1. The van der Waals surface area contributed by atoms with Gasteiger partial charge in [-0.2, -0.15) is 0 Å². The summed E-state index contributed by atoms with van der Waals surface area (Å²) in [5.41, 5.74) is -0.471. The van der Waals surface area contributed by atoms with Gasteiger partial charge in [0.15, 0.2) is 0 Å². The Morgan fingerprint density at radius 2 is 2.15 bits per heavy atom. The molecule has 108 valence electrons. The summed E-state index contributed by atoms with van der Waals surface area (Å²) in [5, 5.41) is 0. The standard InChI is InChI=1S/C14H19N3O3/c1-14(2,3)20-13(18)17-7-5-10(6-8-17)12-16-11(15-4)9-19-12/h9-10H,5-8H2,1-3H3. The third-order valence-electron chi connectivity index (χ3n) is 3.12. The van der Waals surface area contributed by atoms with E-state index in [1.807, 2.05) is 20.8 Å². The maximum Gasteiger partial charge on any atom is 0.410 e. The van der Waals surface area contributed by atoms with Gasteiger partial charge in [0.2, 0.25) is 0 Å². The summed E-state index contributed by atoms with van der Waals surface area (Å²) in [4.78, 5) is 21.0. The predicted octanol–water partition coefficient (Wildman–Crippen LogP) is 3.34. The zero-order valence-corrected chi connectivity index (χ0v) is 12.0. The first-order chi connectivity index (χ1) is 9.39. The van der Waals surface area contributed by atoms with E-state index in [1.165, 1.54) is 6.26 Å². The molecule has 1 amide bonds. The van der Waals surface area contributed by atoms with E-state index in [2.05, 4.69) is 9.83 Å². The average Bonchev–Trinajstić information content (AvgIpc) is 2.85. The second kappa shape index (κ2) is 5.53. The molecule has 2 rings (SSSR count). The zero-order chi connectivity index (χ0) is 14.8. The van der Waals surface area contributed by atoms with Crippen molar-refractivity contribution >= 4 is 11.9 Å². The molecule has 6 nitrogen and oxygen atoms in total. The van der Waals surface area contributed by atoms with E-state index in [-0.39, 0.29) is 17.8 Å². The molecule has 2 heterocycles. The van der Waals surface area contributed by atoms with E-state index in [0.29, 0.717) is 19.0 Å². The molecule has 1 aromatic rings. The Hall–Kier alpha value is -2.03. The highest BCUT2D eigenvalue weighted by Gasteiger charge is 2.30. The Balaban J connectivity index is 1.89. The van der Waals surface area contributed by atoms with Crippen molar-refractivity contribution in [3.8, 4) is 0 Å². The van der Waals surface area contributed by atoms with Crippen molar-refractivity contribution in [2.24, 2.45) is 0 Å². The number of carbonyl (C=O) groups excluding carboxylic acids is 1. The minimum absolute atomic E-state index is 0.171. The van der Waals surface area contributed by atoms with Crippen LogP contribution in [0.1, 0.15) is 45.4 Å². The molecule has 1 aliphatic rings. The number of piperidine rings is 1. The van der Waals surface area contributed by atoms with Crippen molar-refractivity contribution in [1.29, 1.82) is 0 Å². The molecule has 0 aliphatic carbocycles. The molecule has 20 heavy (non-hydrogen) atoms. The van der Waals surface area contributed by atoms with E-state index in [1.54, 1.807) is 4.90 Å². The molecule has 0 atom stereocenters. The Morgan fingerprint density at radius 3 is 2.65 bits per heavy atom. The van der Waals surface area contributed by atoms with Crippen molar-refractivity contribution in [3.05, 3.63) is 23.6 Å². The number of oxazole rings is 1. The molecule has 1 aromatic heterocycles. The van der Waals surface area contributed by atoms with Crippen LogP contribution in [0.3, 0.4) is 0 Å². The third-order valence-corrected chi connectivity index (χ3v) is 3.12. The SMILES string of the molecule is [C-]#[N+]c1coc(C2CCN(C(=O)OC(C)(C)C)CC2)n1. The van der Waals surface area contributed by atoms with Gasteiger partial charge in [0.25, 0.3) is 5.89 Å². The van der Waals surface area contributed by atoms with Gasteiger partial charge in [-0.05, 0) is 33.6 Å². The molecular weight excluding hydrogens is 258 g/mol. The van der Waals surface area contributed by atoms with Crippen LogP contribution in [-0.4, -0.2) is 34.7 Å². The number of hydrogen-bond acceptors (Lipinski definition) is 4. The smallest absolute Gasteiger partial charge is 0.410 e. The van der Waals surface area contributed by atoms with Crippen LogP contribution in [0.25, 0.3) is 4.85 Å². The molecule has 1 fully saturated rings. The summed E-state index contributed by atoms with van der Waals surface area (Å²) in [6.45, 7) is 13.7. The van der Waals surface area contributed by atoms with Gasteiger partial charge in [-0.15, -0.1) is 0 Å². The Bertz CT molecular complexity index is 517. The number of likely N-dealkylation sites (tertiary alicyclic amines) is 1. The first-order valence-electron chi connectivity index (χ1n) is 6.70. The van der Waals surface area contributed by atoms with Crippen LogP contribution in [0.5, 0.6) is 0 Å². The van der Waals surface area contributed by atoms with Gasteiger partial charge in [-0.1, -0.05) is 11.6 Å². The quantitative estimate of drug-likeness (QED) is 0.739. The fourth-order valence-electron chi connectivity index (χ4n) is 2.15. The first-order valence-corrected chi connectivity index (χ1v) is 6.70. The molecule has 0 spiro atoms. The number of ether oxygens (including phenoxy) is 1. The van der Waals surface area contributed by atoms with E-state index in [0.717, 1.165) is 12.8 Å². The minimum Gasteiger partial charge on any atom is -0.444 e. The zero-order valence-electron chi connectivity index (χ0n) is 12.0. The van der Waals surface area contributed by atoms with Crippen LogP contribution in [-0.2, 0) is 4.74 Å². The maximum absolute atomic E-state index is 11.9. The van der Waals surface area contributed by atoms with E-state index in [9.17, 15) is 4.79 Å². The fourth-order valence-corrected chi connectivity index (χ4v) is 2.15. The highest BCUT2D eigenvalue weighted by Crippen LogP contribution is 2.29. The molecule has 1 saturated heterocycles. The van der Waals surface area contributed by atoms with Crippen LogP contribution < -0.4 is 0 Å². The van der Waals surface area contributed by atoms with Gasteiger partial charge in [0, 0.05) is 13.1 Å².